The van der Waals surface area contributed by atoms with Gasteiger partial charge in [-0.3, -0.25) is 4.79 Å². The summed E-state index contributed by atoms with van der Waals surface area (Å²) in [5.41, 5.74) is 3.03. The van der Waals surface area contributed by atoms with Gasteiger partial charge in [0.2, 0.25) is 0 Å². The van der Waals surface area contributed by atoms with Gasteiger partial charge in [0.1, 0.15) is 0 Å². The van der Waals surface area contributed by atoms with Crippen molar-refractivity contribution < 1.29 is 4.79 Å². The van der Waals surface area contributed by atoms with Crippen LogP contribution < -0.4 is 10.6 Å². The number of aryl methyl sites for hydroxylation is 1. The highest BCUT2D eigenvalue weighted by Gasteiger charge is 2.13. The van der Waals surface area contributed by atoms with Crippen LogP contribution in [0.25, 0.3) is 0 Å². The molecule has 2 rings (SSSR count). The molecular weight excluding hydrogens is 352 g/mol. The molecule has 0 aliphatic rings. The number of amides is 1. The summed E-state index contributed by atoms with van der Waals surface area (Å²) >= 11 is 9.48. The lowest BCUT2D eigenvalue weighted by atomic mass is 10.1. The van der Waals surface area contributed by atoms with E-state index in [2.05, 4.69) is 26.6 Å². The molecule has 0 unspecified atom stereocenters. The van der Waals surface area contributed by atoms with E-state index in [1.165, 1.54) is 0 Å². The Balaban J connectivity index is 2.31. The van der Waals surface area contributed by atoms with Crippen molar-refractivity contribution in [3.8, 4) is 0 Å². The normalized spacial score (nSPS) is 10.3. The van der Waals surface area contributed by atoms with Crippen LogP contribution in [0.3, 0.4) is 0 Å². The van der Waals surface area contributed by atoms with Crippen LogP contribution in [0.4, 0.5) is 11.4 Å². The second-order valence-corrected chi connectivity index (χ2v) is 5.98. The highest BCUT2D eigenvalue weighted by Crippen LogP contribution is 2.27. The maximum Gasteiger partial charge on any atom is 0.257 e. The van der Waals surface area contributed by atoms with Gasteiger partial charge in [-0.05, 0) is 44.2 Å². The molecule has 0 bridgehead atoms. The zero-order valence-electron chi connectivity index (χ0n) is 11.8. The summed E-state index contributed by atoms with van der Waals surface area (Å²) in [6.45, 7) is 4.70. The molecule has 0 aliphatic heterocycles. The van der Waals surface area contributed by atoms with Crippen molar-refractivity contribution in [3.63, 3.8) is 0 Å². The monoisotopic (exact) mass is 366 g/mol. The molecule has 5 heteroatoms. The van der Waals surface area contributed by atoms with Crippen LogP contribution in [-0.2, 0) is 0 Å². The number of nitrogens with one attached hydrogen (secondary N) is 2. The molecule has 1 amide bonds. The molecule has 2 aromatic rings. The van der Waals surface area contributed by atoms with E-state index in [0.29, 0.717) is 16.3 Å². The second kappa shape index (κ2) is 6.96. The zero-order valence-corrected chi connectivity index (χ0v) is 14.2. The number of carbonyl (C=O) groups excluding carboxylic acids is 1. The van der Waals surface area contributed by atoms with Gasteiger partial charge in [0.25, 0.3) is 5.91 Å². The van der Waals surface area contributed by atoms with E-state index >= 15 is 0 Å². The summed E-state index contributed by atoms with van der Waals surface area (Å²) in [7, 11) is 0. The largest absolute Gasteiger partial charge is 0.385 e. The number of carbonyl (C=O) groups is 1. The average Bonchev–Trinajstić information content (AvgIpc) is 2.45. The quantitative estimate of drug-likeness (QED) is 0.790. The van der Waals surface area contributed by atoms with Crippen LogP contribution in [-0.4, -0.2) is 12.5 Å². The van der Waals surface area contributed by atoms with Crippen LogP contribution >= 0.6 is 27.5 Å². The maximum atomic E-state index is 12.5. The SMILES string of the molecule is CCNc1ccc(C)cc1C(=O)Nc1cc(Br)ccc1Cl. The lowest BCUT2D eigenvalue weighted by Gasteiger charge is -2.13. The van der Waals surface area contributed by atoms with Gasteiger partial charge >= 0.3 is 0 Å². The summed E-state index contributed by atoms with van der Waals surface area (Å²) in [6, 6.07) is 11.1. The van der Waals surface area contributed by atoms with Crippen molar-refractivity contribution in [1.29, 1.82) is 0 Å². The van der Waals surface area contributed by atoms with Crippen molar-refractivity contribution in [2.24, 2.45) is 0 Å². The van der Waals surface area contributed by atoms with Crippen LogP contribution in [0.1, 0.15) is 22.8 Å². The molecule has 110 valence electrons. The minimum atomic E-state index is -0.186. The number of rotatable bonds is 4. The van der Waals surface area contributed by atoms with Gasteiger partial charge in [-0.2, -0.15) is 0 Å². The number of hydrogen-bond donors (Lipinski definition) is 2. The molecule has 0 spiro atoms. The Hall–Kier alpha value is -1.52. The van der Waals surface area contributed by atoms with Gasteiger partial charge in [0.05, 0.1) is 16.3 Å². The van der Waals surface area contributed by atoms with Crippen molar-refractivity contribution in [2.45, 2.75) is 13.8 Å². The average molecular weight is 368 g/mol. The molecule has 0 heterocycles. The van der Waals surface area contributed by atoms with Gasteiger partial charge in [-0.1, -0.05) is 39.2 Å². The third-order valence-corrected chi connectivity index (χ3v) is 3.79. The third kappa shape index (κ3) is 3.99. The van der Waals surface area contributed by atoms with Crippen LogP contribution in [0.2, 0.25) is 5.02 Å². The van der Waals surface area contributed by atoms with Gasteiger partial charge in [-0.25, -0.2) is 0 Å². The van der Waals surface area contributed by atoms with Crippen molar-refractivity contribution in [3.05, 3.63) is 57.0 Å². The van der Waals surface area contributed by atoms with Gasteiger partial charge in [0.15, 0.2) is 0 Å². The van der Waals surface area contributed by atoms with E-state index < -0.39 is 0 Å². The summed E-state index contributed by atoms with van der Waals surface area (Å²) in [4.78, 5) is 12.5. The predicted molar refractivity (Wildman–Crippen MR) is 92.4 cm³/mol. The molecular formula is C16H16BrClN2O. The Labute approximate surface area is 137 Å². The Morgan fingerprint density at radius 3 is 2.67 bits per heavy atom. The molecule has 2 N–H and O–H groups in total. The summed E-state index contributed by atoms with van der Waals surface area (Å²) < 4.78 is 0.860. The van der Waals surface area contributed by atoms with Crippen LogP contribution in [0, 0.1) is 6.92 Å². The highest BCUT2D eigenvalue weighted by molar-refractivity contribution is 9.10. The van der Waals surface area contributed by atoms with Crippen molar-refractivity contribution in [1.82, 2.24) is 0 Å². The molecule has 0 saturated carbocycles. The standard InChI is InChI=1S/C16H16BrClN2O/c1-3-19-14-7-4-10(2)8-12(14)16(21)20-15-9-11(17)5-6-13(15)18/h4-9,19H,3H2,1-2H3,(H,20,21). The molecule has 0 aromatic heterocycles. The van der Waals surface area contributed by atoms with E-state index in [1.54, 1.807) is 12.1 Å². The minimum absolute atomic E-state index is 0.186. The fourth-order valence-corrected chi connectivity index (χ4v) is 2.50. The number of benzene rings is 2. The minimum Gasteiger partial charge on any atom is -0.385 e. The first kappa shape index (κ1) is 15.9. The number of anilines is 2. The van der Waals surface area contributed by atoms with Crippen molar-refractivity contribution in [2.75, 3.05) is 17.2 Å². The van der Waals surface area contributed by atoms with E-state index in [0.717, 1.165) is 22.3 Å². The van der Waals surface area contributed by atoms with E-state index in [1.807, 2.05) is 38.1 Å². The zero-order chi connectivity index (χ0) is 15.4. The van der Waals surface area contributed by atoms with E-state index in [4.69, 9.17) is 11.6 Å². The lowest BCUT2D eigenvalue weighted by molar-refractivity contribution is 0.102. The fourth-order valence-electron chi connectivity index (χ4n) is 1.97. The Morgan fingerprint density at radius 1 is 1.19 bits per heavy atom. The van der Waals surface area contributed by atoms with Gasteiger partial charge in [0, 0.05) is 16.7 Å². The fraction of sp³-hybridized carbons (Fsp3) is 0.188. The molecule has 0 atom stereocenters. The number of hydrogen-bond acceptors (Lipinski definition) is 2. The van der Waals surface area contributed by atoms with Gasteiger partial charge in [-0.15, -0.1) is 0 Å². The summed E-state index contributed by atoms with van der Waals surface area (Å²) in [5, 5.41) is 6.55. The first-order valence-corrected chi connectivity index (χ1v) is 7.79. The predicted octanol–water partition coefficient (Wildman–Crippen LogP) is 5.10. The molecule has 0 radical (unpaired) electrons. The van der Waals surface area contributed by atoms with Crippen molar-refractivity contribution >= 4 is 44.8 Å². The Bertz CT molecular complexity index is 673. The van der Waals surface area contributed by atoms with Gasteiger partial charge < -0.3 is 10.6 Å². The maximum absolute atomic E-state index is 12.5. The van der Waals surface area contributed by atoms with Crippen LogP contribution in [0.5, 0.6) is 0 Å². The topological polar surface area (TPSA) is 41.1 Å². The van der Waals surface area contributed by atoms with E-state index in [9.17, 15) is 4.79 Å². The molecule has 0 saturated heterocycles. The first-order valence-electron chi connectivity index (χ1n) is 6.62. The molecule has 3 nitrogen and oxygen atoms in total. The highest BCUT2D eigenvalue weighted by atomic mass is 79.9. The second-order valence-electron chi connectivity index (χ2n) is 4.66. The molecule has 0 aliphatic carbocycles. The third-order valence-electron chi connectivity index (χ3n) is 2.96. The lowest BCUT2D eigenvalue weighted by Crippen LogP contribution is -2.15. The molecule has 2 aromatic carbocycles. The summed E-state index contributed by atoms with van der Waals surface area (Å²) in [5.74, 6) is -0.186. The first-order chi connectivity index (χ1) is 10.0. The molecule has 0 fully saturated rings. The number of halogens is 2. The smallest absolute Gasteiger partial charge is 0.257 e. The van der Waals surface area contributed by atoms with E-state index in [-0.39, 0.29) is 5.91 Å². The Kier molecular flexibility index (Phi) is 5.26. The Morgan fingerprint density at radius 2 is 1.95 bits per heavy atom. The molecule has 21 heavy (non-hydrogen) atoms. The summed E-state index contributed by atoms with van der Waals surface area (Å²) in [6.07, 6.45) is 0. The van der Waals surface area contributed by atoms with Crippen LogP contribution in [0.15, 0.2) is 40.9 Å².